The Bertz CT molecular complexity index is 396. The van der Waals surface area contributed by atoms with E-state index in [1.807, 2.05) is 0 Å². The lowest BCUT2D eigenvalue weighted by Crippen LogP contribution is -2.48. The molecule has 4 nitrogen and oxygen atoms in total. The van der Waals surface area contributed by atoms with Crippen molar-refractivity contribution in [3.05, 3.63) is 12.2 Å². The second kappa shape index (κ2) is 11.1. The van der Waals surface area contributed by atoms with Crippen LogP contribution < -0.4 is 0 Å². The lowest BCUT2D eigenvalue weighted by Gasteiger charge is -2.42. The standard InChI is InChI=1S/C20H40O4Si/c1-14(2)25(15(3)4,16(5)6)24-13-12-17(7)10-11-19(21)18(8)20(22)23-9/h14-17,19,21H,8,10-13H2,1-7,9H3/t17-,19-/m0/s1. The van der Waals surface area contributed by atoms with Crippen LogP contribution in [-0.2, 0) is 14.0 Å². The molecule has 0 aromatic carbocycles. The van der Waals surface area contributed by atoms with Crippen molar-refractivity contribution in [2.45, 2.75) is 90.5 Å². The molecular formula is C20H40O4Si. The summed E-state index contributed by atoms with van der Waals surface area (Å²) in [6.07, 6.45) is 1.50. The minimum atomic E-state index is -1.80. The molecule has 0 saturated heterocycles. The Kier molecular flexibility index (Phi) is 10.9. The summed E-state index contributed by atoms with van der Waals surface area (Å²) >= 11 is 0. The zero-order valence-corrected chi connectivity index (χ0v) is 18.6. The molecule has 0 saturated carbocycles. The number of rotatable bonds is 12. The average molecular weight is 373 g/mol. The number of aliphatic hydroxyl groups excluding tert-OH is 1. The smallest absolute Gasteiger partial charge is 0.335 e. The van der Waals surface area contributed by atoms with Crippen LogP contribution in [0.2, 0.25) is 16.6 Å². The summed E-state index contributed by atoms with van der Waals surface area (Å²) in [5, 5.41) is 10.0. The van der Waals surface area contributed by atoms with Gasteiger partial charge >= 0.3 is 5.97 Å². The summed E-state index contributed by atoms with van der Waals surface area (Å²) < 4.78 is 11.2. The Morgan fingerprint density at radius 2 is 1.44 bits per heavy atom. The summed E-state index contributed by atoms with van der Waals surface area (Å²) in [4.78, 5) is 11.4. The molecule has 0 aliphatic heterocycles. The van der Waals surface area contributed by atoms with Gasteiger partial charge in [0.25, 0.3) is 0 Å². The molecule has 0 aromatic heterocycles. The molecular weight excluding hydrogens is 332 g/mol. The number of hydrogen-bond donors (Lipinski definition) is 1. The third-order valence-electron chi connectivity index (χ3n) is 5.45. The van der Waals surface area contributed by atoms with Crippen molar-refractivity contribution >= 4 is 14.3 Å². The molecule has 0 rings (SSSR count). The third-order valence-corrected chi connectivity index (χ3v) is 11.6. The van der Waals surface area contributed by atoms with Gasteiger partial charge < -0.3 is 14.3 Å². The predicted molar refractivity (Wildman–Crippen MR) is 107 cm³/mol. The van der Waals surface area contributed by atoms with Crippen molar-refractivity contribution in [3.8, 4) is 0 Å². The SMILES string of the molecule is C=C(C(=O)OC)[C@@H](O)CC[C@H](C)CCO[Si](C(C)C)(C(C)C)C(C)C. The largest absolute Gasteiger partial charge is 0.466 e. The normalized spacial score (nSPS) is 14.9. The first kappa shape index (κ1) is 24.3. The minimum Gasteiger partial charge on any atom is -0.466 e. The van der Waals surface area contributed by atoms with Gasteiger partial charge in [0.2, 0.25) is 0 Å². The highest BCUT2D eigenvalue weighted by Crippen LogP contribution is 2.42. The van der Waals surface area contributed by atoms with Crippen LogP contribution in [0.3, 0.4) is 0 Å². The van der Waals surface area contributed by atoms with E-state index < -0.39 is 20.4 Å². The van der Waals surface area contributed by atoms with E-state index in [2.05, 4.69) is 59.8 Å². The summed E-state index contributed by atoms with van der Waals surface area (Å²) in [6.45, 7) is 20.3. The number of carbonyl (C=O) groups excluding carboxylic acids is 1. The van der Waals surface area contributed by atoms with E-state index in [0.29, 0.717) is 29.0 Å². The van der Waals surface area contributed by atoms with Gasteiger partial charge in [-0.1, -0.05) is 55.0 Å². The van der Waals surface area contributed by atoms with E-state index in [4.69, 9.17) is 4.43 Å². The fraction of sp³-hybridized carbons (Fsp3) is 0.850. The third kappa shape index (κ3) is 6.87. The van der Waals surface area contributed by atoms with Crippen LogP contribution in [0, 0.1) is 5.92 Å². The van der Waals surface area contributed by atoms with Crippen LogP contribution in [0.5, 0.6) is 0 Å². The van der Waals surface area contributed by atoms with Crippen molar-refractivity contribution in [3.63, 3.8) is 0 Å². The van der Waals surface area contributed by atoms with Gasteiger partial charge in [-0.25, -0.2) is 4.79 Å². The van der Waals surface area contributed by atoms with Gasteiger partial charge in [0, 0.05) is 6.61 Å². The van der Waals surface area contributed by atoms with Crippen LogP contribution in [0.1, 0.15) is 67.7 Å². The summed E-state index contributed by atoms with van der Waals surface area (Å²) in [7, 11) is -0.501. The molecule has 0 bridgehead atoms. The van der Waals surface area contributed by atoms with Crippen LogP contribution >= 0.6 is 0 Å². The van der Waals surface area contributed by atoms with Crippen molar-refractivity contribution in [2.75, 3.05) is 13.7 Å². The molecule has 25 heavy (non-hydrogen) atoms. The average Bonchev–Trinajstić information content (AvgIpc) is 2.53. The van der Waals surface area contributed by atoms with Crippen LogP contribution in [0.25, 0.3) is 0 Å². The number of ether oxygens (including phenoxy) is 1. The predicted octanol–water partition coefficient (Wildman–Crippen LogP) is 5.08. The maximum absolute atomic E-state index is 11.4. The Morgan fingerprint density at radius 1 is 0.960 bits per heavy atom. The lowest BCUT2D eigenvalue weighted by molar-refractivity contribution is -0.137. The van der Waals surface area contributed by atoms with Gasteiger partial charge in [0.1, 0.15) is 0 Å². The number of aliphatic hydroxyl groups is 1. The van der Waals surface area contributed by atoms with Crippen LogP contribution in [0.15, 0.2) is 12.2 Å². The van der Waals surface area contributed by atoms with Gasteiger partial charge in [-0.3, -0.25) is 0 Å². The molecule has 2 atom stereocenters. The van der Waals surface area contributed by atoms with E-state index in [9.17, 15) is 9.90 Å². The number of hydrogen-bond acceptors (Lipinski definition) is 4. The van der Waals surface area contributed by atoms with E-state index in [0.717, 1.165) is 19.4 Å². The molecule has 0 fully saturated rings. The first-order valence-corrected chi connectivity index (χ1v) is 11.7. The first-order valence-electron chi connectivity index (χ1n) is 9.59. The molecule has 0 aliphatic carbocycles. The number of methoxy groups -OCH3 is 1. The molecule has 0 aliphatic rings. The van der Waals surface area contributed by atoms with E-state index in [-0.39, 0.29) is 5.57 Å². The maximum Gasteiger partial charge on any atom is 0.335 e. The molecule has 0 aromatic rings. The van der Waals surface area contributed by atoms with E-state index >= 15 is 0 Å². The topological polar surface area (TPSA) is 55.8 Å². The second-order valence-electron chi connectivity index (χ2n) is 8.17. The van der Waals surface area contributed by atoms with Crippen molar-refractivity contribution in [1.82, 2.24) is 0 Å². The van der Waals surface area contributed by atoms with Crippen molar-refractivity contribution in [2.24, 2.45) is 5.92 Å². The van der Waals surface area contributed by atoms with Gasteiger partial charge in [-0.2, -0.15) is 0 Å². The summed E-state index contributed by atoms with van der Waals surface area (Å²) in [5.41, 5.74) is 1.91. The van der Waals surface area contributed by atoms with Gasteiger partial charge in [-0.15, -0.1) is 0 Å². The molecule has 0 heterocycles. The summed E-state index contributed by atoms with van der Waals surface area (Å²) in [5.74, 6) is -0.108. The lowest BCUT2D eigenvalue weighted by atomic mass is 9.97. The van der Waals surface area contributed by atoms with Gasteiger partial charge in [-0.05, 0) is 41.8 Å². The molecule has 0 amide bonds. The highest BCUT2D eigenvalue weighted by Gasteiger charge is 2.44. The maximum atomic E-state index is 11.4. The van der Waals surface area contributed by atoms with Gasteiger partial charge in [0.15, 0.2) is 8.32 Å². The van der Waals surface area contributed by atoms with Crippen LogP contribution in [0.4, 0.5) is 0 Å². The monoisotopic (exact) mass is 372 g/mol. The number of carbonyl (C=O) groups is 1. The Balaban J connectivity index is 4.48. The van der Waals surface area contributed by atoms with Crippen LogP contribution in [-0.4, -0.2) is 39.2 Å². The summed E-state index contributed by atoms with van der Waals surface area (Å²) in [6, 6.07) is 0. The molecule has 1 N–H and O–H groups in total. The minimum absolute atomic E-state index is 0.136. The fourth-order valence-corrected chi connectivity index (χ4v) is 9.44. The molecule has 5 heteroatoms. The quantitative estimate of drug-likeness (QED) is 0.295. The van der Waals surface area contributed by atoms with Gasteiger partial charge in [0.05, 0.1) is 18.8 Å². The highest BCUT2D eigenvalue weighted by atomic mass is 28.4. The fourth-order valence-electron chi connectivity index (χ4n) is 3.96. The second-order valence-corrected chi connectivity index (χ2v) is 13.6. The molecule has 0 radical (unpaired) electrons. The van der Waals surface area contributed by atoms with E-state index in [1.54, 1.807) is 0 Å². The number of esters is 1. The van der Waals surface area contributed by atoms with E-state index in [1.165, 1.54) is 7.11 Å². The first-order chi connectivity index (χ1) is 11.5. The van der Waals surface area contributed by atoms with Crippen molar-refractivity contribution in [1.29, 1.82) is 0 Å². The Labute approximate surface area is 156 Å². The molecule has 0 spiro atoms. The van der Waals surface area contributed by atoms with Crippen molar-refractivity contribution < 1.29 is 19.1 Å². The molecule has 0 unspecified atom stereocenters. The zero-order chi connectivity index (χ0) is 19.8. The Hall–Kier alpha value is -0.653. The highest BCUT2D eigenvalue weighted by molar-refractivity contribution is 6.77. The Morgan fingerprint density at radius 3 is 1.84 bits per heavy atom. The zero-order valence-electron chi connectivity index (χ0n) is 17.6. The molecule has 148 valence electrons.